The number of carbonyl (C=O) groups excluding carboxylic acids is 7. The van der Waals surface area contributed by atoms with Crippen molar-refractivity contribution >= 4 is 53.7 Å². The summed E-state index contributed by atoms with van der Waals surface area (Å²) in [6.45, 7) is 13.0. The molecule has 0 saturated heterocycles. The fraction of sp³-hybridized carbons (Fsp3) is 0.615. The molecule has 0 fully saturated rings. The molecule has 0 radical (unpaired) electrons. The molecule has 17 nitrogen and oxygen atoms in total. The van der Waals surface area contributed by atoms with Gasteiger partial charge in [-0.25, -0.2) is 0 Å². The van der Waals surface area contributed by atoms with Gasteiger partial charge in [-0.15, -0.1) is 0 Å². The van der Waals surface area contributed by atoms with Gasteiger partial charge < -0.3 is 46.9 Å². The van der Waals surface area contributed by atoms with Gasteiger partial charge >= 0.3 is 18.1 Å². The quantitative estimate of drug-likeness (QED) is 0.0735. The summed E-state index contributed by atoms with van der Waals surface area (Å²) < 4.78 is 39.0. The van der Waals surface area contributed by atoms with Crippen LogP contribution in [0.25, 0.3) is 0 Å². The number of nitrogens with one attached hydrogen (secondary N) is 6. The van der Waals surface area contributed by atoms with E-state index in [2.05, 4.69) is 26.6 Å². The zero-order chi connectivity index (χ0) is 45.4. The summed E-state index contributed by atoms with van der Waals surface area (Å²) in [5.74, 6) is -9.45. The van der Waals surface area contributed by atoms with Crippen LogP contribution in [0.2, 0.25) is 0 Å². The Morgan fingerprint density at radius 2 is 1.25 bits per heavy atom. The number of carbonyl (C=O) groups is 9. The fourth-order valence-electron chi connectivity index (χ4n) is 5.73. The summed E-state index contributed by atoms with van der Waals surface area (Å²) in [5, 5.41) is 32.6. The first-order chi connectivity index (χ1) is 27.1. The van der Waals surface area contributed by atoms with Crippen molar-refractivity contribution in [1.29, 1.82) is 0 Å². The van der Waals surface area contributed by atoms with Crippen molar-refractivity contribution in [2.45, 2.75) is 136 Å². The van der Waals surface area contributed by atoms with E-state index in [4.69, 9.17) is 5.11 Å². The summed E-state index contributed by atoms with van der Waals surface area (Å²) in [4.78, 5) is 114. The number of carboxylic acid groups (broad SMARTS) is 2. The van der Waals surface area contributed by atoms with Crippen LogP contribution in [0, 0.1) is 24.2 Å². The zero-order valence-corrected chi connectivity index (χ0v) is 34.5. The minimum Gasteiger partial charge on any atom is -0.481 e. The minimum absolute atomic E-state index is 0.0480. The summed E-state index contributed by atoms with van der Waals surface area (Å²) in [7, 11) is 0. The molecule has 1 aromatic carbocycles. The number of aliphatic carboxylic acids is 2. The number of amides is 6. The maximum absolute atomic E-state index is 14.2. The molecule has 1 rings (SSSR count). The average molecular weight is 843 g/mol. The van der Waals surface area contributed by atoms with Gasteiger partial charge in [0.25, 0.3) is 0 Å². The summed E-state index contributed by atoms with van der Waals surface area (Å²) in [5.41, 5.74) is 0.271. The number of benzene rings is 1. The van der Waals surface area contributed by atoms with Crippen LogP contribution in [0.15, 0.2) is 24.3 Å². The molecule has 330 valence electrons. The maximum atomic E-state index is 14.2. The van der Waals surface area contributed by atoms with Crippen molar-refractivity contribution in [3.05, 3.63) is 35.4 Å². The number of aldehydes is 1. The Hall–Kier alpha value is -5.56. The first-order valence-electron chi connectivity index (χ1n) is 19.0. The lowest BCUT2D eigenvalue weighted by Gasteiger charge is -2.34. The Bertz CT molecular complexity index is 1680. The highest BCUT2D eigenvalue weighted by atomic mass is 19.4. The Labute approximate surface area is 340 Å². The third-order valence-corrected chi connectivity index (χ3v) is 8.86. The van der Waals surface area contributed by atoms with Crippen LogP contribution in [-0.4, -0.2) is 106 Å². The summed E-state index contributed by atoms with van der Waals surface area (Å²) >= 11 is 0. The van der Waals surface area contributed by atoms with E-state index in [0.29, 0.717) is 5.56 Å². The molecule has 0 aliphatic carbocycles. The number of alkyl halides is 3. The highest BCUT2D eigenvalue weighted by Crippen LogP contribution is 2.23. The van der Waals surface area contributed by atoms with Gasteiger partial charge in [-0.1, -0.05) is 72.7 Å². The van der Waals surface area contributed by atoms with Gasteiger partial charge in [0.1, 0.15) is 36.5 Å². The standard InChI is InChI=1S/C39H57F3N6O11/c1-20(2)15-25(33(55)43-24(19-49)18-39(40,41)42)46-37(59)32(38(6,7)8)48-35(57)26(16-23-12-10-9-11-22(23)5)45-36(58)31(21(3)4)47-34(56)27(17-30(53)54)44-28(50)13-14-29(51)52/h9-12,19-21,24-27,31-32H,13-18H2,1-8H3,(H,43,55)(H,44,50)(H,45,58)(H,46,59)(H,47,56)(H,48,57)(H,51,52)(H,53,54)/t24?,25-,26-,27-,31+,32+/m0/s1. The van der Waals surface area contributed by atoms with Gasteiger partial charge in [0, 0.05) is 12.8 Å². The second-order valence-corrected chi connectivity index (χ2v) is 16.1. The average Bonchev–Trinajstić information content (AvgIpc) is 3.09. The van der Waals surface area contributed by atoms with Crippen molar-refractivity contribution < 1.29 is 66.5 Å². The maximum Gasteiger partial charge on any atom is 0.391 e. The van der Waals surface area contributed by atoms with Crippen LogP contribution < -0.4 is 31.9 Å². The van der Waals surface area contributed by atoms with Crippen LogP contribution >= 0.6 is 0 Å². The third-order valence-electron chi connectivity index (χ3n) is 8.86. The molecule has 1 aromatic rings. The van der Waals surface area contributed by atoms with Gasteiger partial charge in [-0.2, -0.15) is 13.2 Å². The Morgan fingerprint density at radius 1 is 0.695 bits per heavy atom. The molecule has 0 aliphatic heterocycles. The van der Waals surface area contributed by atoms with E-state index >= 15 is 0 Å². The van der Waals surface area contributed by atoms with Gasteiger partial charge in [0.15, 0.2) is 0 Å². The molecule has 1 unspecified atom stereocenters. The Balaban J connectivity index is 3.49. The molecular weight excluding hydrogens is 785 g/mol. The first-order valence-corrected chi connectivity index (χ1v) is 19.0. The molecule has 6 amide bonds. The van der Waals surface area contributed by atoms with Gasteiger partial charge in [-0.3, -0.25) is 38.4 Å². The lowest BCUT2D eigenvalue weighted by atomic mass is 9.85. The molecule has 8 N–H and O–H groups in total. The van der Waals surface area contributed by atoms with Gasteiger partial charge in [-0.05, 0) is 41.7 Å². The van der Waals surface area contributed by atoms with E-state index < -0.39 is 127 Å². The molecule has 0 aromatic heterocycles. The Kier molecular flexibility index (Phi) is 20.2. The number of hydrogen-bond donors (Lipinski definition) is 8. The van der Waals surface area contributed by atoms with Crippen LogP contribution in [0.5, 0.6) is 0 Å². The number of carboxylic acids is 2. The number of halogens is 3. The van der Waals surface area contributed by atoms with Crippen LogP contribution in [0.4, 0.5) is 13.2 Å². The fourth-order valence-corrected chi connectivity index (χ4v) is 5.73. The van der Waals surface area contributed by atoms with E-state index in [1.807, 2.05) is 5.32 Å². The van der Waals surface area contributed by atoms with Crippen molar-refractivity contribution in [2.75, 3.05) is 0 Å². The second-order valence-electron chi connectivity index (χ2n) is 16.1. The number of rotatable bonds is 23. The largest absolute Gasteiger partial charge is 0.481 e. The van der Waals surface area contributed by atoms with Crippen molar-refractivity contribution in [1.82, 2.24) is 31.9 Å². The zero-order valence-electron chi connectivity index (χ0n) is 34.5. The van der Waals surface area contributed by atoms with E-state index in [1.54, 1.807) is 79.7 Å². The van der Waals surface area contributed by atoms with Crippen molar-refractivity contribution in [3.8, 4) is 0 Å². The molecule has 0 bridgehead atoms. The predicted molar refractivity (Wildman–Crippen MR) is 206 cm³/mol. The molecule has 20 heteroatoms. The highest BCUT2D eigenvalue weighted by Gasteiger charge is 2.39. The second kappa shape index (κ2) is 23.1. The van der Waals surface area contributed by atoms with Crippen molar-refractivity contribution in [3.63, 3.8) is 0 Å². The summed E-state index contributed by atoms with van der Waals surface area (Å²) in [6, 6.07) is -2.38. The molecule has 6 atom stereocenters. The van der Waals surface area contributed by atoms with Crippen LogP contribution in [-0.2, 0) is 49.6 Å². The van der Waals surface area contributed by atoms with E-state index in [-0.39, 0.29) is 25.0 Å². The smallest absolute Gasteiger partial charge is 0.391 e. The lowest BCUT2D eigenvalue weighted by Crippen LogP contribution is -2.62. The van der Waals surface area contributed by atoms with Crippen LogP contribution in [0.1, 0.15) is 91.7 Å². The molecule has 59 heavy (non-hydrogen) atoms. The number of hydrogen-bond acceptors (Lipinski definition) is 9. The van der Waals surface area contributed by atoms with E-state index in [9.17, 15) is 61.4 Å². The molecular formula is C39H57F3N6O11. The molecule has 0 spiro atoms. The third kappa shape index (κ3) is 19.2. The SMILES string of the molecule is Cc1ccccc1C[C@H](NC(=O)[C@H](NC(=O)[C@H](CC(=O)O)NC(=O)CCC(=O)O)C(C)C)C(=O)N[C@H](C(=O)N[C@@H](CC(C)C)C(=O)NC(C=O)CC(F)(F)F)C(C)(C)C. The van der Waals surface area contributed by atoms with E-state index in [1.165, 1.54) is 0 Å². The predicted octanol–water partition coefficient (Wildman–Crippen LogP) is 1.69. The van der Waals surface area contributed by atoms with Gasteiger partial charge in [0.05, 0.1) is 25.3 Å². The highest BCUT2D eigenvalue weighted by molar-refractivity contribution is 5.97. The lowest BCUT2D eigenvalue weighted by molar-refractivity contribution is -0.147. The molecule has 0 saturated carbocycles. The Morgan fingerprint density at radius 3 is 1.75 bits per heavy atom. The monoisotopic (exact) mass is 842 g/mol. The molecule has 0 heterocycles. The van der Waals surface area contributed by atoms with Crippen LogP contribution in [0.3, 0.4) is 0 Å². The normalized spacial score (nSPS) is 14.7. The number of aryl methyl sites for hydroxylation is 1. The van der Waals surface area contributed by atoms with Gasteiger partial charge in [0.2, 0.25) is 35.4 Å². The first kappa shape index (κ1) is 51.5. The topological polar surface area (TPSA) is 266 Å². The van der Waals surface area contributed by atoms with Crippen molar-refractivity contribution in [2.24, 2.45) is 17.3 Å². The van der Waals surface area contributed by atoms with E-state index in [0.717, 1.165) is 5.56 Å². The minimum atomic E-state index is -4.77. The summed E-state index contributed by atoms with van der Waals surface area (Å²) in [6.07, 6.45) is -8.69. The molecule has 0 aliphatic rings.